The molecule has 1 aromatic rings. The minimum atomic E-state index is -0.824. The summed E-state index contributed by atoms with van der Waals surface area (Å²) in [4.78, 5) is 12.4. The van der Waals surface area contributed by atoms with E-state index in [1.54, 1.807) is 21.0 Å². The molecule has 0 spiro atoms. The van der Waals surface area contributed by atoms with Crippen molar-refractivity contribution in [2.75, 3.05) is 13.7 Å². The molecule has 0 saturated heterocycles. The van der Waals surface area contributed by atoms with Crippen molar-refractivity contribution in [1.29, 1.82) is 0 Å². The van der Waals surface area contributed by atoms with Gasteiger partial charge in [0.05, 0.1) is 12.7 Å². The maximum atomic E-state index is 12.4. The Morgan fingerprint density at radius 3 is 2.53 bits per heavy atom. The Kier molecular flexibility index (Phi) is 4.29. The molecule has 1 aromatic carbocycles. The second-order valence-corrected chi connectivity index (χ2v) is 4.48. The number of ketones is 1. The fourth-order valence-corrected chi connectivity index (χ4v) is 1.75. The van der Waals surface area contributed by atoms with Crippen LogP contribution in [0.1, 0.15) is 36.7 Å². The molecule has 1 rings (SSSR count). The van der Waals surface area contributed by atoms with Gasteiger partial charge in [-0.3, -0.25) is 4.79 Å². The quantitative estimate of drug-likeness (QED) is 0.737. The number of rotatable bonds is 5. The summed E-state index contributed by atoms with van der Waals surface area (Å²) in [5.41, 5.74) is 0.780. The molecule has 0 N–H and O–H groups in total. The van der Waals surface area contributed by atoms with Crippen LogP contribution in [0.4, 0.5) is 0 Å². The highest BCUT2D eigenvalue weighted by atomic mass is 16.5. The number of carbonyl (C=O) groups excluding carboxylic acids is 1. The molecule has 3 heteroatoms. The maximum absolute atomic E-state index is 12.4. The smallest absolute Gasteiger partial charge is 0.197 e. The summed E-state index contributed by atoms with van der Waals surface area (Å²) in [5.74, 6) is 0.535. The number of carbonyl (C=O) groups is 1. The molecule has 0 radical (unpaired) electrons. The Balaban J connectivity index is 3.15. The second-order valence-electron chi connectivity index (χ2n) is 4.48. The van der Waals surface area contributed by atoms with Gasteiger partial charge < -0.3 is 9.47 Å². The molecule has 0 unspecified atom stereocenters. The summed E-state index contributed by atoms with van der Waals surface area (Å²) >= 11 is 0. The maximum Gasteiger partial charge on any atom is 0.197 e. The molecule has 0 atom stereocenters. The number of hydrogen-bond donors (Lipinski definition) is 0. The monoisotopic (exact) mass is 236 g/mol. The second kappa shape index (κ2) is 5.32. The van der Waals surface area contributed by atoms with E-state index >= 15 is 0 Å². The first-order valence-corrected chi connectivity index (χ1v) is 5.75. The highest BCUT2D eigenvalue weighted by Crippen LogP contribution is 2.26. The van der Waals surface area contributed by atoms with Gasteiger partial charge in [-0.15, -0.1) is 0 Å². The highest BCUT2D eigenvalue weighted by molar-refractivity contribution is 6.04. The van der Waals surface area contributed by atoms with Gasteiger partial charge in [-0.25, -0.2) is 0 Å². The minimum absolute atomic E-state index is 0.0556. The van der Waals surface area contributed by atoms with Gasteiger partial charge in [-0.2, -0.15) is 0 Å². The van der Waals surface area contributed by atoms with Crippen LogP contribution in [-0.2, 0) is 4.74 Å². The Labute approximate surface area is 103 Å². The van der Waals surface area contributed by atoms with Crippen molar-refractivity contribution < 1.29 is 14.3 Å². The van der Waals surface area contributed by atoms with Crippen LogP contribution in [0.25, 0.3) is 0 Å². The van der Waals surface area contributed by atoms with Crippen LogP contribution in [-0.4, -0.2) is 25.1 Å². The fraction of sp³-hybridized carbons (Fsp3) is 0.500. The molecule has 3 nitrogen and oxygen atoms in total. The molecular weight excluding hydrogens is 216 g/mol. The standard InChI is InChI=1S/C14H20O3/c1-6-17-14(3,4)13(15)11-9-10(2)7-8-12(11)16-5/h7-9H,6H2,1-5H3. The van der Waals surface area contributed by atoms with Gasteiger partial charge in [-0.1, -0.05) is 11.6 Å². The van der Waals surface area contributed by atoms with Gasteiger partial charge in [0.2, 0.25) is 0 Å². The summed E-state index contributed by atoms with van der Waals surface area (Å²) < 4.78 is 10.7. The third kappa shape index (κ3) is 3.07. The van der Waals surface area contributed by atoms with Crippen molar-refractivity contribution >= 4 is 5.78 Å². The molecule has 0 aliphatic rings. The first-order valence-electron chi connectivity index (χ1n) is 5.75. The Morgan fingerprint density at radius 2 is 2.00 bits per heavy atom. The third-order valence-electron chi connectivity index (χ3n) is 2.65. The number of Topliss-reactive ketones (excluding diaryl/α,β-unsaturated/α-hetero) is 1. The zero-order valence-electron chi connectivity index (χ0n) is 11.2. The van der Waals surface area contributed by atoms with Crippen LogP contribution in [0, 0.1) is 6.92 Å². The predicted molar refractivity (Wildman–Crippen MR) is 67.8 cm³/mol. The number of hydrogen-bond acceptors (Lipinski definition) is 3. The van der Waals surface area contributed by atoms with E-state index in [0.717, 1.165) is 5.56 Å². The lowest BCUT2D eigenvalue weighted by Crippen LogP contribution is -2.35. The Morgan fingerprint density at radius 1 is 1.35 bits per heavy atom. The van der Waals surface area contributed by atoms with Crippen LogP contribution in [0.3, 0.4) is 0 Å². The third-order valence-corrected chi connectivity index (χ3v) is 2.65. The van der Waals surface area contributed by atoms with Crippen LogP contribution in [0.15, 0.2) is 18.2 Å². The largest absolute Gasteiger partial charge is 0.496 e. The SMILES string of the molecule is CCOC(C)(C)C(=O)c1cc(C)ccc1OC. The molecule has 17 heavy (non-hydrogen) atoms. The summed E-state index contributed by atoms with van der Waals surface area (Å²) in [6, 6.07) is 5.57. The van der Waals surface area contributed by atoms with Crippen molar-refractivity contribution in [3.8, 4) is 5.75 Å². The number of aryl methyl sites for hydroxylation is 1. The lowest BCUT2D eigenvalue weighted by Gasteiger charge is -2.24. The average molecular weight is 236 g/mol. The van der Waals surface area contributed by atoms with E-state index in [-0.39, 0.29) is 5.78 Å². The van der Waals surface area contributed by atoms with Gasteiger partial charge in [0.15, 0.2) is 5.78 Å². The van der Waals surface area contributed by atoms with Crippen LogP contribution in [0.2, 0.25) is 0 Å². The van der Waals surface area contributed by atoms with E-state index < -0.39 is 5.60 Å². The lowest BCUT2D eigenvalue weighted by molar-refractivity contribution is 0.00106. The van der Waals surface area contributed by atoms with Crippen LogP contribution < -0.4 is 4.74 Å². The van der Waals surface area contributed by atoms with Gasteiger partial charge in [0, 0.05) is 6.61 Å². The summed E-state index contributed by atoms with van der Waals surface area (Å²) in [5, 5.41) is 0. The summed E-state index contributed by atoms with van der Waals surface area (Å²) in [6.07, 6.45) is 0. The van der Waals surface area contributed by atoms with Crippen molar-refractivity contribution in [3.05, 3.63) is 29.3 Å². The van der Waals surface area contributed by atoms with E-state index in [4.69, 9.17) is 9.47 Å². The van der Waals surface area contributed by atoms with Gasteiger partial charge >= 0.3 is 0 Å². The van der Waals surface area contributed by atoms with Crippen molar-refractivity contribution in [3.63, 3.8) is 0 Å². The topological polar surface area (TPSA) is 35.5 Å². The first-order chi connectivity index (χ1) is 7.92. The molecule has 0 fully saturated rings. The van der Waals surface area contributed by atoms with Crippen molar-refractivity contribution in [1.82, 2.24) is 0 Å². The molecule has 0 bridgehead atoms. The Bertz CT molecular complexity index is 408. The van der Waals surface area contributed by atoms with Crippen LogP contribution >= 0.6 is 0 Å². The number of benzene rings is 1. The van der Waals surface area contributed by atoms with Gasteiger partial charge in [0.1, 0.15) is 11.4 Å². The molecule has 0 amide bonds. The molecule has 0 aromatic heterocycles. The zero-order chi connectivity index (χ0) is 13.1. The Hall–Kier alpha value is -1.35. The summed E-state index contributed by atoms with van der Waals surface area (Å²) in [7, 11) is 1.56. The summed E-state index contributed by atoms with van der Waals surface area (Å²) in [6.45, 7) is 7.89. The van der Waals surface area contributed by atoms with E-state index in [2.05, 4.69) is 0 Å². The normalized spacial score (nSPS) is 11.4. The number of ether oxygens (including phenoxy) is 2. The molecule has 0 saturated carbocycles. The molecule has 0 aliphatic carbocycles. The molecular formula is C14H20O3. The van der Waals surface area contributed by atoms with E-state index in [9.17, 15) is 4.79 Å². The van der Waals surface area contributed by atoms with Crippen molar-refractivity contribution in [2.45, 2.75) is 33.3 Å². The molecule has 94 valence electrons. The van der Waals surface area contributed by atoms with E-state index in [0.29, 0.717) is 17.9 Å². The van der Waals surface area contributed by atoms with Gasteiger partial charge in [-0.05, 0) is 39.8 Å². The highest BCUT2D eigenvalue weighted by Gasteiger charge is 2.31. The molecule has 0 aliphatic heterocycles. The van der Waals surface area contributed by atoms with Gasteiger partial charge in [0.25, 0.3) is 0 Å². The lowest BCUT2D eigenvalue weighted by atomic mass is 9.94. The van der Waals surface area contributed by atoms with Crippen LogP contribution in [0.5, 0.6) is 5.75 Å². The zero-order valence-corrected chi connectivity index (χ0v) is 11.2. The van der Waals surface area contributed by atoms with E-state index in [1.807, 2.05) is 32.0 Å². The first kappa shape index (κ1) is 13.7. The predicted octanol–water partition coefficient (Wildman–Crippen LogP) is 3.00. The van der Waals surface area contributed by atoms with Crippen molar-refractivity contribution in [2.24, 2.45) is 0 Å². The fourth-order valence-electron chi connectivity index (χ4n) is 1.75. The average Bonchev–Trinajstić information content (AvgIpc) is 2.28. The van der Waals surface area contributed by atoms with E-state index in [1.165, 1.54) is 0 Å². The molecule has 0 heterocycles. The number of methoxy groups -OCH3 is 1. The minimum Gasteiger partial charge on any atom is -0.496 e.